The van der Waals surface area contributed by atoms with Crippen molar-refractivity contribution >= 4 is 41.0 Å². The summed E-state index contributed by atoms with van der Waals surface area (Å²) in [6.45, 7) is -0.549. The van der Waals surface area contributed by atoms with Crippen LogP contribution in [0.5, 0.6) is 0 Å². The van der Waals surface area contributed by atoms with Crippen molar-refractivity contribution < 1.29 is 36.3 Å². The van der Waals surface area contributed by atoms with Crippen LogP contribution in [0.3, 0.4) is 0 Å². The fourth-order valence-corrected chi connectivity index (χ4v) is 3.03. The van der Waals surface area contributed by atoms with Gasteiger partial charge in [-0.25, -0.2) is 13.6 Å². The second-order valence-electron chi connectivity index (χ2n) is 5.36. The monoisotopic (exact) mass is 454 g/mol. The predicted molar refractivity (Wildman–Crippen MR) is 96.9 cm³/mol. The van der Waals surface area contributed by atoms with Gasteiger partial charge in [-0.3, -0.25) is 15.0 Å². The first-order valence-corrected chi connectivity index (χ1v) is 8.84. The summed E-state index contributed by atoms with van der Waals surface area (Å²) in [5.41, 5.74) is -5.68. The summed E-state index contributed by atoms with van der Waals surface area (Å²) >= 11 is 5.22. The van der Waals surface area contributed by atoms with E-state index in [4.69, 9.17) is 16.3 Å². The van der Waals surface area contributed by atoms with Crippen molar-refractivity contribution in [1.82, 2.24) is 5.32 Å². The molecule has 0 bridgehead atoms. The van der Waals surface area contributed by atoms with E-state index in [0.717, 1.165) is 18.2 Å². The Balaban J connectivity index is 2.27. The molecule has 0 aromatic heterocycles. The van der Waals surface area contributed by atoms with Crippen molar-refractivity contribution in [2.75, 3.05) is 18.7 Å². The zero-order chi connectivity index (χ0) is 21.8. The number of hydrogen-bond donors (Lipinski definition) is 1. The van der Waals surface area contributed by atoms with E-state index in [1.807, 2.05) is 5.32 Å². The zero-order valence-electron chi connectivity index (χ0n) is 14.5. The van der Waals surface area contributed by atoms with Crippen LogP contribution in [0.25, 0.3) is 0 Å². The van der Waals surface area contributed by atoms with E-state index in [9.17, 15) is 31.5 Å². The normalized spacial score (nSPS) is 11.3. The molecule has 0 unspecified atom stereocenters. The standard InChI is InChI=1S/C17H12ClF5N2O3S/c1-28-8-25(13-6-5-9(7-12(13)20)29-17(21,22)23)16(27)24-15(26)14-10(18)3-2-4-11(14)19/h2-7H,8H2,1H3,(H,24,26,27). The number of nitrogens with one attached hydrogen (secondary N) is 1. The molecule has 0 heterocycles. The van der Waals surface area contributed by atoms with Crippen molar-refractivity contribution in [3.63, 3.8) is 0 Å². The van der Waals surface area contributed by atoms with Gasteiger partial charge in [-0.1, -0.05) is 17.7 Å². The number of halogens is 6. The fraction of sp³-hybridized carbons (Fsp3) is 0.176. The number of rotatable bonds is 5. The summed E-state index contributed by atoms with van der Waals surface area (Å²) in [4.78, 5) is 24.8. The second-order valence-corrected chi connectivity index (χ2v) is 6.91. The lowest BCUT2D eigenvalue weighted by atomic mass is 10.2. The lowest BCUT2D eigenvalue weighted by Gasteiger charge is -2.22. The molecule has 12 heteroatoms. The Kier molecular flexibility index (Phi) is 7.44. The number of benzene rings is 2. The Morgan fingerprint density at radius 2 is 1.86 bits per heavy atom. The number of carbonyl (C=O) groups is 2. The van der Waals surface area contributed by atoms with Crippen LogP contribution in [-0.4, -0.2) is 31.3 Å². The maximum atomic E-state index is 14.3. The smallest absolute Gasteiger partial charge is 0.364 e. The van der Waals surface area contributed by atoms with Gasteiger partial charge < -0.3 is 4.74 Å². The summed E-state index contributed by atoms with van der Waals surface area (Å²) in [5.74, 6) is -3.34. The highest BCUT2D eigenvalue weighted by atomic mass is 35.5. The topological polar surface area (TPSA) is 58.6 Å². The predicted octanol–water partition coefficient (Wildman–Crippen LogP) is 5.19. The van der Waals surface area contributed by atoms with Crippen molar-refractivity contribution in [2.45, 2.75) is 10.4 Å². The molecule has 2 aromatic rings. The molecule has 0 radical (unpaired) electrons. The van der Waals surface area contributed by atoms with Gasteiger partial charge in [-0.2, -0.15) is 13.2 Å². The lowest BCUT2D eigenvalue weighted by Crippen LogP contribution is -2.44. The van der Waals surface area contributed by atoms with Crippen LogP contribution in [0.4, 0.5) is 32.4 Å². The van der Waals surface area contributed by atoms with Gasteiger partial charge in [0.2, 0.25) is 0 Å². The van der Waals surface area contributed by atoms with Gasteiger partial charge >= 0.3 is 11.5 Å². The molecule has 2 aromatic carbocycles. The average Bonchev–Trinajstić information content (AvgIpc) is 2.58. The van der Waals surface area contributed by atoms with Crippen LogP contribution in [0.1, 0.15) is 10.4 Å². The Hall–Kier alpha value is -2.37. The number of urea groups is 1. The molecule has 29 heavy (non-hydrogen) atoms. The third-order valence-electron chi connectivity index (χ3n) is 3.36. The summed E-state index contributed by atoms with van der Waals surface area (Å²) in [7, 11) is 1.17. The number of ether oxygens (including phenoxy) is 1. The third-order valence-corrected chi connectivity index (χ3v) is 4.39. The quantitative estimate of drug-likeness (QED) is 0.384. The van der Waals surface area contributed by atoms with Crippen LogP contribution < -0.4 is 10.2 Å². The van der Waals surface area contributed by atoms with Gasteiger partial charge in [0.25, 0.3) is 5.91 Å². The molecule has 0 saturated carbocycles. The lowest BCUT2D eigenvalue weighted by molar-refractivity contribution is -0.0328. The second kappa shape index (κ2) is 9.42. The van der Waals surface area contributed by atoms with E-state index >= 15 is 0 Å². The number of hydrogen-bond acceptors (Lipinski definition) is 4. The first-order valence-electron chi connectivity index (χ1n) is 7.64. The number of carbonyl (C=O) groups excluding carboxylic acids is 2. The highest BCUT2D eigenvalue weighted by molar-refractivity contribution is 8.00. The van der Waals surface area contributed by atoms with Gasteiger partial charge in [0.15, 0.2) is 0 Å². The van der Waals surface area contributed by atoms with Gasteiger partial charge in [0.1, 0.15) is 18.4 Å². The van der Waals surface area contributed by atoms with Crippen LogP contribution in [0, 0.1) is 11.6 Å². The number of anilines is 1. The molecule has 0 atom stereocenters. The minimum absolute atomic E-state index is 0.256. The van der Waals surface area contributed by atoms with Crippen molar-refractivity contribution in [2.24, 2.45) is 0 Å². The third kappa shape index (κ3) is 6.05. The highest BCUT2D eigenvalue weighted by Gasteiger charge is 2.30. The summed E-state index contributed by atoms with van der Waals surface area (Å²) in [5, 5.41) is 1.58. The summed E-state index contributed by atoms with van der Waals surface area (Å²) in [6, 6.07) is 4.68. The number of imide groups is 1. The van der Waals surface area contributed by atoms with Gasteiger partial charge in [-0.05, 0) is 42.1 Å². The van der Waals surface area contributed by atoms with Crippen LogP contribution in [0.2, 0.25) is 5.02 Å². The van der Waals surface area contributed by atoms with Crippen molar-refractivity contribution in [1.29, 1.82) is 0 Å². The van der Waals surface area contributed by atoms with E-state index in [0.29, 0.717) is 11.0 Å². The van der Waals surface area contributed by atoms with E-state index in [1.165, 1.54) is 19.2 Å². The number of alkyl halides is 3. The molecule has 3 amide bonds. The largest absolute Gasteiger partial charge is 0.446 e. The fourth-order valence-electron chi connectivity index (χ4n) is 2.21. The Morgan fingerprint density at radius 1 is 1.17 bits per heavy atom. The number of nitrogens with zero attached hydrogens (tertiary/aromatic N) is 1. The molecular formula is C17H12ClF5N2O3S. The zero-order valence-corrected chi connectivity index (χ0v) is 16.1. The minimum atomic E-state index is -4.62. The molecule has 1 N–H and O–H groups in total. The maximum absolute atomic E-state index is 14.3. The minimum Gasteiger partial charge on any atom is -0.364 e. The van der Waals surface area contributed by atoms with E-state index in [-0.39, 0.29) is 5.02 Å². The highest BCUT2D eigenvalue weighted by Crippen LogP contribution is 2.38. The molecule has 5 nitrogen and oxygen atoms in total. The average molecular weight is 455 g/mol. The first kappa shape index (κ1) is 22.9. The summed E-state index contributed by atoms with van der Waals surface area (Å²) < 4.78 is 70.2. The maximum Gasteiger partial charge on any atom is 0.446 e. The molecule has 0 fully saturated rings. The molecule has 0 spiro atoms. The van der Waals surface area contributed by atoms with Gasteiger partial charge in [0, 0.05) is 12.0 Å². The molecule has 0 saturated heterocycles. The van der Waals surface area contributed by atoms with E-state index < -0.39 is 63.7 Å². The van der Waals surface area contributed by atoms with E-state index in [1.54, 1.807) is 0 Å². The van der Waals surface area contributed by atoms with Crippen LogP contribution in [-0.2, 0) is 4.74 Å². The number of thioether (sulfide) groups is 1. The SMILES string of the molecule is COCN(C(=O)NC(=O)c1c(F)cccc1Cl)c1ccc(SC(F)(F)F)cc1F. The number of methoxy groups -OCH3 is 1. The Bertz CT molecular complexity index is 906. The first-order chi connectivity index (χ1) is 13.5. The van der Waals surface area contributed by atoms with E-state index in [2.05, 4.69) is 0 Å². The molecule has 0 aliphatic heterocycles. The Morgan fingerprint density at radius 3 is 2.41 bits per heavy atom. The molecule has 0 aliphatic carbocycles. The van der Waals surface area contributed by atoms with Gasteiger partial charge in [0.05, 0.1) is 16.3 Å². The summed E-state index contributed by atoms with van der Waals surface area (Å²) in [6.07, 6.45) is 0. The van der Waals surface area contributed by atoms with Crippen LogP contribution >= 0.6 is 23.4 Å². The van der Waals surface area contributed by atoms with Crippen LogP contribution in [0.15, 0.2) is 41.3 Å². The van der Waals surface area contributed by atoms with Crippen molar-refractivity contribution in [3.8, 4) is 0 Å². The number of amides is 3. The molecule has 0 aliphatic rings. The van der Waals surface area contributed by atoms with Crippen molar-refractivity contribution in [3.05, 3.63) is 58.6 Å². The molecule has 156 valence electrons. The molecular weight excluding hydrogens is 443 g/mol. The van der Waals surface area contributed by atoms with Gasteiger partial charge in [-0.15, -0.1) is 0 Å². The Labute approximate surface area is 170 Å². The molecule has 2 rings (SSSR count).